The normalized spacial score (nSPS) is 10.4. The minimum absolute atomic E-state index is 0.0757. The van der Waals surface area contributed by atoms with Crippen LogP contribution in [-0.4, -0.2) is 31.8 Å². The molecule has 0 radical (unpaired) electrons. The van der Waals surface area contributed by atoms with Crippen LogP contribution in [0.1, 0.15) is 27.0 Å². The summed E-state index contributed by atoms with van der Waals surface area (Å²) in [5.41, 5.74) is 1.65. The molecule has 0 bridgehead atoms. The molecule has 0 saturated heterocycles. The van der Waals surface area contributed by atoms with Crippen LogP contribution in [0.3, 0.4) is 0 Å². The zero-order valence-electron chi connectivity index (χ0n) is 12.1. The Morgan fingerprint density at radius 1 is 1.05 bits per heavy atom. The lowest BCUT2D eigenvalue weighted by atomic mass is 10.1. The van der Waals surface area contributed by atoms with E-state index in [1.54, 1.807) is 19.1 Å². The second-order valence-electron chi connectivity index (χ2n) is 4.66. The van der Waals surface area contributed by atoms with E-state index < -0.39 is 0 Å². The number of Topliss-reactive ketones (excluding diaryl/α,β-unsaturated/α-hetero) is 1. The number of nitrogens with one attached hydrogen (secondary N) is 2. The van der Waals surface area contributed by atoms with E-state index in [0.29, 0.717) is 12.1 Å². The molecule has 1 heterocycles. The third kappa shape index (κ3) is 4.00. The topological polar surface area (TPSA) is 58.2 Å². The Kier molecular flexibility index (Phi) is 5.25. The summed E-state index contributed by atoms with van der Waals surface area (Å²) in [7, 11) is 1.84. The molecule has 0 saturated carbocycles. The minimum atomic E-state index is -0.0765. The van der Waals surface area contributed by atoms with Gasteiger partial charge in [0.2, 0.25) is 0 Å². The van der Waals surface area contributed by atoms with Crippen molar-refractivity contribution in [2.45, 2.75) is 6.92 Å². The van der Waals surface area contributed by atoms with E-state index in [0.717, 1.165) is 21.9 Å². The Morgan fingerprint density at radius 3 is 2.33 bits per heavy atom. The zero-order valence-corrected chi connectivity index (χ0v) is 12.9. The first kappa shape index (κ1) is 15.4. The maximum absolute atomic E-state index is 11.9. The van der Waals surface area contributed by atoms with Crippen LogP contribution in [0, 0.1) is 0 Å². The Morgan fingerprint density at radius 2 is 1.76 bits per heavy atom. The Bertz CT molecular complexity index is 632. The summed E-state index contributed by atoms with van der Waals surface area (Å²) in [6, 6.07) is 11.2. The molecular formula is C16H18N2O2S. The second kappa shape index (κ2) is 7.15. The van der Waals surface area contributed by atoms with Crippen molar-refractivity contribution in [3.63, 3.8) is 0 Å². The van der Waals surface area contributed by atoms with Gasteiger partial charge < -0.3 is 10.6 Å². The first-order valence-corrected chi connectivity index (χ1v) is 7.57. The lowest BCUT2D eigenvalue weighted by Crippen LogP contribution is -2.30. The molecule has 2 aromatic rings. The van der Waals surface area contributed by atoms with Gasteiger partial charge in [0.1, 0.15) is 0 Å². The largest absolute Gasteiger partial charge is 0.351 e. The third-order valence-electron chi connectivity index (χ3n) is 3.05. The first-order chi connectivity index (χ1) is 10.1. The number of likely N-dealkylation sites (N-methyl/N-ethyl adjacent to an activating group) is 1. The van der Waals surface area contributed by atoms with Crippen LogP contribution < -0.4 is 10.6 Å². The molecule has 1 aromatic carbocycles. The molecule has 4 nitrogen and oxygen atoms in total. The molecule has 21 heavy (non-hydrogen) atoms. The summed E-state index contributed by atoms with van der Waals surface area (Å²) in [5.74, 6) is -0.000754. The lowest BCUT2D eigenvalue weighted by molar-refractivity contribution is 0.0953. The molecule has 1 amide bonds. The Labute approximate surface area is 128 Å². The molecule has 110 valence electrons. The SMILES string of the molecule is CNCCNC(=O)c1ccc(-c2ccc(C(C)=O)s2)cc1. The molecule has 0 spiro atoms. The van der Waals surface area contributed by atoms with Crippen molar-refractivity contribution in [3.05, 3.63) is 46.8 Å². The van der Waals surface area contributed by atoms with Gasteiger partial charge in [0, 0.05) is 23.5 Å². The number of carbonyl (C=O) groups excluding carboxylic acids is 2. The average Bonchev–Trinajstić information content (AvgIpc) is 2.97. The van der Waals surface area contributed by atoms with Crippen LogP contribution in [-0.2, 0) is 0 Å². The van der Waals surface area contributed by atoms with Crippen molar-refractivity contribution in [1.29, 1.82) is 0 Å². The van der Waals surface area contributed by atoms with Crippen molar-refractivity contribution in [2.24, 2.45) is 0 Å². The van der Waals surface area contributed by atoms with Crippen LogP contribution in [0.2, 0.25) is 0 Å². The van der Waals surface area contributed by atoms with Crippen molar-refractivity contribution in [2.75, 3.05) is 20.1 Å². The van der Waals surface area contributed by atoms with Gasteiger partial charge in [0.05, 0.1) is 4.88 Å². The van der Waals surface area contributed by atoms with Crippen LogP contribution in [0.4, 0.5) is 0 Å². The monoisotopic (exact) mass is 302 g/mol. The van der Waals surface area contributed by atoms with Crippen molar-refractivity contribution in [3.8, 4) is 10.4 Å². The van der Waals surface area contributed by atoms with E-state index in [9.17, 15) is 9.59 Å². The maximum atomic E-state index is 11.9. The van der Waals surface area contributed by atoms with Crippen LogP contribution in [0.5, 0.6) is 0 Å². The molecule has 1 aromatic heterocycles. The van der Waals surface area contributed by atoms with Gasteiger partial charge in [-0.3, -0.25) is 9.59 Å². The number of thiophene rings is 1. The number of rotatable bonds is 6. The standard InChI is InChI=1S/C16H18N2O2S/c1-11(19)14-7-8-15(21-14)12-3-5-13(6-4-12)16(20)18-10-9-17-2/h3-8,17H,9-10H2,1-2H3,(H,18,20). The number of amides is 1. The predicted molar refractivity (Wildman–Crippen MR) is 86.0 cm³/mol. The van der Waals surface area contributed by atoms with Crippen molar-refractivity contribution < 1.29 is 9.59 Å². The highest BCUT2D eigenvalue weighted by atomic mass is 32.1. The number of hydrogen-bond acceptors (Lipinski definition) is 4. The Hall–Kier alpha value is -1.98. The average molecular weight is 302 g/mol. The van der Waals surface area contributed by atoms with Gasteiger partial charge in [-0.25, -0.2) is 0 Å². The van der Waals surface area contributed by atoms with E-state index in [1.165, 1.54) is 11.3 Å². The van der Waals surface area contributed by atoms with Crippen LogP contribution in [0.15, 0.2) is 36.4 Å². The molecule has 2 N–H and O–H groups in total. The van der Waals surface area contributed by atoms with Gasteiger partial charge in [-0.1, -0.05) is 12.1 Å². The molecule has 0 aliphatic heterocycles. The smallest absolute Gasteiger partial charge is 0.251 e. The van der Waals surface area contributed by atoms with Gasteiger partial charge in [-0.15, -0.1) is 11.3 Å². The molecule has 0 unspecified atom stereocenters. The van der Waals surface area contributed by atoms with Gasteiger partial charge in [-0.2, -0.15) is 0 Å². The highest BCUT2D eigenvalue weighted by Gasteiger charge is 2.08. The minimum Gasteiger partial charge on any atom is -0.351 e. The molecule has 0 aliphatic carbocycles. The first-order valence-electron chi connectivity index (χ1n) is 6.76. The fraction of sp³-hybridized carbons (Fsp3) is 0.250. The zero-order chi connectivity index (χ0) is 15.2. The van der Waals surface area contributed by atoms with E-state index >= 15 is 0 Å². The highest BCUT2D eigenvalue weighted by molar-refractivity contribution is 7.17. The third-order valence-corrected chi connectivity index (χ3v) is 4.28. The van der Waals surface area contributed by atoms with Gasteiger partial charge >= 0.3 is 0 Å². The second-order valence-corrected chi connectivity index (χ2v) is 5.74. The molecule has 0 atom stereocenters. The maximum Gasteiger partial charge on any atom is 0.251 e. The molecule has 0 fully saturated rings. The molecule has 5 heteroatoms. The van der Waals surface area contributed by atoms with E-state index in [1.807, 2.05) is 31.3 Å². The van der Waals surface area contributed by atoms with Crippen LogP contribution >= 0.6 is 11.3 Å². The van der Waals surface area contributed by atoms with Gasteiger partial charge in [0.25, 0.3) is 5.91 Å². The number of ketones is 1. The van der Waals surface area contributed by atoms with E-state index in [4.69, 9.17) is 0 Å². The Balaban J connectivity index is 2.07. The lowest BCUT2D eigenvalue weighted by Gasteiger charge is -2.05. The summed E-state index contributed by atoms with van der Waals surface area (Å²) in [5, 5.41) is 5.81. The number of benzene rings is 1. The molecular weight excluding hydrogens is 284 g/mol. The van der Waals surface area contributed by atoms with Gasteiger partial charge in [0.15, 0.2) is 5.78 Å². The van der Waals surface area contributed by atoms with E-state index in [-0.39, 0.29) is 11.7 Å². The predicted octanol–water partition coefficient (Wildman–Crippen LogP) is 2.57. The van der Waals surface area contributed by atoms with Crippen molar-refractivity contribution >= 4 is 23.0 Å². The number of hydrogen-bond donors (Lipinski definition) is 2. The van der Waals surface area contributed by atoms with Gasteiger partial charge in [-0.05, 0) is 43.8 Å². The molecule has 2 rings (SSSR count). The summed E-state index contributed by atoms with van der Waals surface area (Å²) >= 11 is 1.47. The molecule has 0 aliphatic rings. The summed E-state index contributed by atoms with van der Waals surface area (Å²) in [4.78, 5) is 25.0. The summed E-state index contributed by atoms with van der Waals surface area (Å²) in [6.45, 7) is 2.91. The van der Waals surface area contributed by atoms with Crippen LogP contribution in [0.25, 0.3) is 10.4 Å². The fourth-order valence-electron chi connectivity index (χ4n) is 1.87. The van der Waals surface area contributed by atoms with Crippen molar-refractivity contribution in [1.82, 2.24) is 10.6 Å². The van der Waals surface area contributed by atoms with E-state index in [2.05, 4.69) is 10.6 Å². The highest BCUT2D eigenvalue weighted by Crippen LogP contribution is 2.28. The quantitative estimate of drug-likeness (QED) is 0.637. The summed E-state index contributed by atoms with van der Waals surface area (Å²) in [6.07, 6.45) is 0. The number of carbonyl (C=O) groups is 2. The fourth-order valence-corrected chi connectivity index (χ4v) is 2.78. The summed E-state index contributed by atoms with van der Waals surface area (Å²) < 4.78 is 0.